The molecule has 1 aromatic rings. The summed E-state index contributed by atoms with van der Waals surface area (Å²) < 4.78 is 13.6. The number of nitrogens with one attached hydrogen (secondary N) is 2. The normalized spacial score (nSPS) is 19.5. The summed E-state index contributed by atoms with van der Waals surface area (Å²) >= 11 is 11.7. The molecule has 0 radical (unpaired) electrons. The van der Waals surface area contributed by atoms with Crippen LogP contribution in [0.2, 0.25) is 10.0 Å². The van der Waals surface area contributed by atoms with Crippen LogP contribution in [0.5, 0.6) is 0 Å². The third kappa shape index (κ3) is 3.89. The Morgan fingerprint density at radius 2 is 1.96 bits per heavy atom. The lowest BCUT2D eigenvalue weighted by atomic mass is 9.98. The number of urea groups is 1. The first-order chi connectivity index (χ1) is 12.7. The minimum atomic E-state index is -0.783. The highest BCUT2D eigenvalue weighted by molar-refractivity contribution is 6.35. The van der Waals surface area contributed by atoms with E-state index in [1.54, 1.807) is 6.92 Å². The SMILES string of the molecule is C[C@@H](NC(=O)CCN1C(=O)NC2(CCCC2)C1=O)c1cc(F)c(Cl)cc1Cl. The van der Waals surface area contributed by atoms with Crippen molar-refractivity contribution in [1.82, 2.24) is 15.5 Å². The van der Waals surface area contributed by atoms with Crippen molar-refractivity contribution in [2.45, 2.75) is 50.6 Å². The van der Waals surface area contributed by atoms with Crippen LogP contribution >= 0.6 is 23.2 Å². The molecule has 1 aliphatic heterocycles. The smallest absolute Gasteiger partial charge is 0.325 e. The fourth-order valence-corrected chi connectivity index (χ4v) is 4.22. The van der Waals surface area contributed by atoms with Crippen LogP contribution in [0.1, 0.15) is 50.6 Å². The maximum absolute atomic E-state index is 13.6. The Bertz CT molecular complexity index is 796. The lowest BCUT2D eigenvalue weighted by Gasteiger charge is -2.20. The molecule has 6 nitrogen and oxygen atoms in total. The average molecular weight is 416 g/mol. The Morgan fingerprint density at radius 3 is 2.63 bits per heavy atom. The predicted molar refractivity (Wildman–Crippen MR) is 99.0 cm³/mol. The quantitative estimate of drug-likeness (QED) is 0.569. The van der Waals surface area contributed by atoms with E-state index in [0.717, 1.165) is 17.7 Å². The van der Waals surface area contributed by atoms with E-state index in [9.17, 15) is 18.8 Å². The molecule has 2 N–H and O–H groups in total. The lowest BCUT2D eigenvalue weighted by molar-refractivity contribution is -0.131. The van der Waals surface area contributed by atoms with Crippen LogP contribution in [0.4, 0.5) is 9.18 Å². The molecule has 2 aliphatic rings. The third-order valence-corrected chi connectivity index (χ3v) is 5.77. The Balaban J connectivity index is 1.58. The molecule has 1 atom stereocenters. The number of amides is 4. The van der Waals surface area contributed by atoms with E-state index >= 15 is 0 Å². The van der Waals surface area contributed by atoms with Crippen LogP contribution < -0.4 is 10.6 Å². The van der Waals surface area contributed by atoms with Crippen molar-refractivity contribution in [2.75, 3.05) is 6.54 Å². The molecule has 1 saturated heterocycles. The van der Waals surface area contributed by atoms with E-state index in [2.05, 4.69) is 10.6 Å². The zero-order valence-electron chi connectivity index (χ0n) is 14.8. The van der Waals surface area contributed by atoms with Gasteiger partial charge in [-0.05, 0) is 37.5 Å². The van der Waals surface area contributed by atoms with Gasteiger partial charge < -0.3 is 10.6 Å². The summed E-state index contributed by atoms with van der Waals surface area (Å²) in [5, 5.41) is 5.61. The summed E-state index contributed by atoms with van der Waals surface area (Å²) in [6, 6.07) is 1.45. The highest BCUT2D eigenvalue weighted by atomic mass is 35.5. The molecule has 4 amide bonds. The van der Waals surface area contributed by atoms with Gasteiger partial charge in [0.15, 0.2) is 0 Å². The number of carbonyl (C=O) groups excluding carboxylic acids is 3. The van der Waals surface area contributed by atoms with E-state index in [1.165, 1.54) is 12.1 Å². The number of benzene rings is 1. The number of imide groups is 1. The molecule has 1 aliphatic carbocycles. The van der Waals surface area contributed by atoms with Crippen LogP contribution in [-0.2, 0) is 9.59 Å². The molecule has 27 heavy (non-hydrogen) atoms. The topological polar surface area (TPSA) is 78.5 Å². The van der Waals surface area contributed by atoms with E-state index in [0.29, 0.717) is 18.4 Å². The highest BCUT2D eigenvalue weighted by Crippen LogP contribution is 2.35. The van der Waals surface area contributed by atoms with Crippen molar-refractivity contribution in [2.24, 2.45) is 0 Å². The molecule has 1 spiro atoms. The van der Waals surface area contributed by atoms with Gasteiger partial charge in [0.2, 0.25) is 5.91 Å². The Morgan fingerprint density at radius 1 is 1.30 bits per heavy atom. The lowest BCUT2D eigenvalue weighted by Crippen LogP contribution is -2.44. The molecule has 0 bridgehead atoms. The highest BCUT2D eigenvalue weighted by Gasteiger charge is 2.52. The maximum Gasteiger partial charge on any atom is 0.325 e. The molecule has 1 aromatic carbocycles. The van der Waals surface area contributed by atoms with Crippen molar-refractivity contribution in [1.29, 1.82) is 0 Å². The molecule has 1 saturated carbocycles. The zero-order valence-corrected chi connectivity index (χ0v) is 16.3. The second-order valence-corrected chi connectivity index (χ2v) is 7.82. The predicted octanol–water partition coefficient (Wildman–Crippen LogP) is 3.56. The molecular formula is C18H20Cl2FN3O3. The van der Waals surface area contributed by atoms with Crippen LogP contribution in [-0.4, -0.2) is 34.8 Å². The maximum atomic E-state index is 13.6. The van der Waals surface area contributed by atoms with Gasteiger partial charge in [-0.15, -0.1) is 0 Å². The number of nitrogens with zero attached hydrogens (tertiary/aromatic N) is 1. The van der Waals surface area contributed by atoms with Crippen molar-refractivity contribution in [3.63, 3.8) is 0 Å². The Labute approximate surface area is 166 Å². The van der Waals surface area contributed by atoms with Crippen LogP contribution in [0.15, 0.2) is 12.1 Å². The van der Waals surface area contributed by atoms with Crippen LogP contribution in [0.25, 0.3) is 0 Å². The van der Waals surface area contributed by atoms with Crippen molar-refractivity contribution >= 4 is 41.0 Å². The number of carbonyl (C=O) groups is 3. The largest absolute Gasteiger partial charge is 0.349 e. The van der Waals surface area contributed by atoms with E-state index in [4.69, 9.17) is 23.2 Å². The van der Waals surface area contributed by atoms with Gasteiger partial charge >= 0.3 is 6.03 Å². The molecule has 2 fully saturated rings. The fourth-order valence-electron chi connectivity index (χ4n) is 3.67. The molecule has 146 valence electrons. The molecule has 0 unspecified atom stereocenters. The Hall–Kier alpha value is -1.86. The summed E-state index contributed by atoms with van der Waals surface area (Å²) in [4.78, 5) is 38.0. The second kappa shape index (κ2) is 7.64. The van der Waals surface area contributed by atoms with Crippen molar-refractivity contribution < 1.29 is 18.8 Å². The standard InChI is InChI=1S/C18H20Cl2FN3O3/c1-10(11-8-14(21)13(20)9-12(11)19)22-15(25)4-7-24-16(26)18(23-17(24)27)5-2-3-6-18/h8-10H,2-7H2,1H3,(H,22,25)(H,23,27)/t10-/m1/s1. The molecule has 1 heterocycles. The molecule has 0 aromatic heterocycles. The average Bonchev–Trinajstić information content (AvgIpc) is 3.15. The monoisotopic (exact) mass is 415 g/mol. The van der Waals surface area contributed by atoms with E-state index in [-0.39, 0.29) is 34.8 Å². The molecule has 3 rings (SSSR count). The fraction of sp³-hybridized carbons (Fsp3) is 0.500. The van der Waals surface area contributed by atoms with Gasteiger partial charge in [-0.25, -0.2) is 9.18 Å². The van der Waals surface area contributed by atoms with Crippen molar-refractivity contribution in [3.8, 4) is 0 Å². The number of rotatable bonds is 5. The first-order valence-corrected chi connectivity index (χ1v) is 9.57. The number of halogens is 3. The number of hydrogen-bond acceptors (Lipinski definition) is 3. The van der Waals surface area contributed by atoms with Gasteiger partial charge in [-0.3, -0.25) is 14.5 Å². The van der Waals surface area contributed by atoms with Gasteiger partial charge in [0, 0.05) is 18.0 Å². The van der Waals surface area contributed by atoms with Gasteiger partial charge in [-0.2, -0.15) is 0 Å². The number of hydrogen-bond donors (Lipinski definition) is 2. The van der Waals surface area contributed by atoms with E-state index in [1.807, 2.05) is 0 Å². The first kappa shape index (κ1) is 19.9. The van der Waals surface area contributed by atoms with Gasteiger partial charge in [0.25, 0.3) is 5.91 Å². The summed E-state index contributed by atoms with van der Waals surface area (Å²) in [7, 11) is 0. The van der Waals surface area contributed by atoms with Gasteiger partial charge in [0.1, 0.15) is 11.4 Å². The minimum Gasteiger partial charge on any atom is -0.349 e. The van der Waals surface area contributed by atoms with Gasteiger partial charge in [-0.1, -0.05) is 36.0 Å². The summed E-state index contributed by atoms with van der Waals surface area (Å²) in [5.41, 5.74) is -0.387. The second-order valence-electron chi connectivity index (χ2n) is 7.00. The first-order valence-electron chi connectivity index (χ1n) is 8.81. The van der Waals surface area contributed by atoms with Crippen molar-refractivity contribution in [3.05, 3.63) is 33.6 Å². The zero-order chi connectivity index (χ0) is 19.8. The summed E-state index contributed by atoms with van der Waals surface area (Å²) in [5.74, 6) is -1.26. The minimum absolute atomic E-state index is 0.00627. The summed E-state index contributed by atoms with van der Waals surface area (Å²) in [6.45, 7) is 1.65. The third-order valence-electron chi connectivity index (χ3n) is 5.15. The molecule has 9 heteroatoms. The molecular weight excluding hydrogens is 396 g/mol. The van der Waals surface area contributed by atoms with E-state index < -0.39 is 23.4 Å². The van der Waals surface area contributed by atoms with Gasteiger partial charge in [0.05, 0.1) is 11.1 Å². The summed E-state index contributed by atoms with van der Waals surface area (Å²) in [6.07, 6.45) is 3.02. The van der Waals surface area contributed by atoms with Crippen LogP contribution in [0, 0.1) is 5.82 Å². The van der Waals surface area contributed by atoms with Crippen LogP contribution in [0.3, 0.4) is 0 Å². The Kier molecular flexibility index (Phi) is 5.63.